The second-order valence-electron chi connectivity index (χ2n) is 4.38. The molecule has 4 nitrogen and oxygen atoms in total. The lowest BCUT2D eigenvalue weighted by atomic mass is 10.1. The summed E-state index contributed by atoms with van der Waals surface area (Å²) in [5.41, 5.74) is 0.776. The zero-order chi connectivity index (χ0) is 13.7. The van der Waals surface area contributed by atoms with Gasteiger partial charge in [0, 0.05) is 18.5 Å². The number of amides is 1. The van der Waals surface area contributed by atoms with Crippen molar-refractivity contribution < 1.29 is 19.1 Å². The van der Waals surface area contributed by atoms with Crippen LogP contribution in [0.15, 0.2) is 18.2 Å². The van der Waals surface area contributed by atoms with Gasteiger partial charge >= 0.3 is 5.97 Å². The number of rotatable bonds is 5. The maximum Gasteiger partial charge on any atom is 0.303 e. The lowest BCUT2D eigenvalue weighted by Gasteiger charge is -2.10. The van der Waals surface area contributed by atoms with E-state index in [1.807, 2.05) is 0 Å². The van der Waals surface area contributed by atoms with Gasteiger partial charge in [0.15, 0.2) is 0 Å². The van der Waals surface area contributed by atoms with Crippen LogP contribution in [-0.4, -0.2) is 23.5 Å². The molecule has 1 rings (SSSR count). The van der Waals surface area contributed by atoms with Crippen molar-refractivity contribution in [3.8, 4) is 0 Å². The van der Waals surface area contributed by atoms with E-state index in [0.29, 0.717) is 11.1 Å². The number of hydrogen-bond acceptors (Lipinski definition) is 2. The van der Waals surface area contributed by atoms with E-state index in [2.05, 4.69) is 5.32 Å². The minimum absolute atomic E-state index is 0.00270. The Morgan fingerprint density at radius 1 is 1.44 bits per heavy atom. The molecule has 0 fully saturated rings. The molecule has 1 atom stereocenters. The van der Waals surface area contributed by atoms with E-state index in [9.17, 15) is 14.0 Å². The average Bonchev–Trinajstić information content (AvgIpc) is 2.28. The molecular weight excluding hydrogens is 237 g/mol. The number of halogens is 1. The molecular formula is C13H16FNO3. The Morgan fingerprint density at radius 3 is 2.67 bits per heavy atom. The second kappa shape index (κ2) is 6.14. The fourth-order valence-corrected chi connectivity index (χ4v) is 1.53. The summed E-state index contributed by atoms with van der Waals surface area (Å²) in [5.74, 6) is -1.72. The van der Waals surface area contributed by atoms with Crippen molar-refractivity contribution in [1.82, 2.24) is 5.32 Å². The lowest BCUT2D eigenvalue weighted by Crippen LogP contribution is -2.29. The van der Waals surface area contributed by atoms with E-state index < -0.39 is 5.97 Å². The van der Waals surface area contributed by atoms with Crippen molar-refractivity contribution in [3.63, 3.8) is 0 Å². The molecule has 0 heterocycles. The number of hydrogen-bond donors (Lipinski definition) is 2. The molecule has 0 aliphatic carbocycles. The highest BCUT2D eigenvalue weighted by atomic mass is 19.1. The van der Waals surface area contributed by atoms with Crippen LogP contribution in [-0.2, 0) is 4.79 Å². The standard InChI is InChI=1S/C13H16FNO3/c1-8(5-12(16)17)7-15-13(18)10-3-4-11(14)9(2)6-10/h3-4,6,8H,5,7H2,1-2H3,(H,15,18)(H,16,17). The molecule has 0 bridgehead atoms. The van der Waals surface area contributed by atoms with Gasteiger partial charge in [-0.25, -0.2) is 4.39 Å². The highest BCUT2D eigenvalue weighted by molar-refractivity contribution is 5.94. The second-order valence-corrected chi connectivity index (χ2v) is 4.38. The zero-order valence-corrected chi connectivity index (χ0v) is 10.4. The van der Waals surface area contributed by atoms with Crippen LogP contribution in [0.25, 0.3) is 0 Å². The number of aryl methyl sites for hydroxylation is 1. The number of carbonyl (C=O) groups is 2. The minimum Gasteiger partial charge on any atom is -0.481 e. The predicted octanol–water partition coefficient (Wildman–Crippen LogP) is 1.97. The molecule has 0 spiro atoms. The Hall–Kier alpha value is -1.91. The maximum atomic E-state index is 13.0. The van der Waals surface area contributed by atoms with Crippen LogP contribution in [0.4, 0.5) is 4.39 Å². The fraction of sp³-hybridized carbons (Fsp3) is 0.385. The molecule has 1 aromatic carbocycles. The first kappa shape index (κ1) is 14.2. The van der Waals surface area contributed by atoms with Crippen LogP contribution in [0, 0.1) is 18.7 Å². The number of carboxylic acid groups (broad SMARTS) is 1. The largest absolute Gasteiger partial charge is 0.481 e. The molecule has 98 valence electrons. The summed E-state index contributed by atoms with van der Waals surface area (Å²) in [6, 6.07) is 4.11. The third-order valence-electron chi connectivity index (χ3n) is 2.55. The fourth-order valence-electron chi connectivity index (χ4n) is 1.53. The summed E-state index contributed by atoms with van der Waals surface area (Å²) in [6.07, 6.45) is 0.00270. The van der Waals surface area contributed by atoms with E-state index in [4.69, 9.17) is 5.11 Å². The van der Waals surface area contributed by atoms with Gasteiger partial charge in [-0.2, -0.15) is 0 Å². The van der Waals surface area contributed by atoms with Gasteiger partial charge in [-0.05, 0) is 36.6 Å². The molecule has 0 saturated heterocycles. The molecule has 0 radical (unpaired) electrons. The Bertz CT molecular complexity index is 460. The third-order valence-corrected chi connectivity index (χ3v) is 2.55. The molecule has 1 amide bonds. The van der Waals surface area contributed by atoms with Crippen LogP contribution in [0.1, 0.15) is 29.3 Å². The summed E-state index contributed by atoms with van der Waals surface area (Å²) in [4.78, 5) is 22.2. The first-order valence-corrected chi connectivity index (χ1v) is 5.66. The summed E-state index contributed by atoms with van der Waals surface area (Å²) >= 11 is 0. The summed E-state index contributed by atoms with van der Waals surface area (Å²) in [5, 5.41) is 11.2. The highest BCUT2D eigenvalue weighted by Crippen LogP contribution is 2.09. The molecule has 1 aromatic rings. The Labute approximate surface area is 105 Å². The topological polar surface area (TPSA) is 66.4 Å². The Morgan fingerprint density at radius 2 is 2.11 bits per heavy atom. The van der Waals surface area contributed by atoms with Crippen LogP contribution in [0.3, 0.4) is 0 Å². The predicted molar refractivity (Wildman–Crippen MR) is 64.9 cm³/mol. The van der Waals surface area contributed by atoms with E-state index >= 15 is 0 Å². The molecule has 1 unspecified atom stereocenters. The van der Waals surface area contributed by atoms with Gasteiger partial charge in [-0.3, -0.25) is 9.59 Å². The average molecular weight is 253 g/mol. The molecule has 0 aliphatic rings. The van der Waals surface area contributed by atoms with E-state index in [1.54, 1.807) is 13.8 Å². The monoisotopic (exact) mass is 253 g/mol. The molecule has 2 N–H and O–H groups in total. The van der Waals surface area contributed by atoms with Gasteiger partial charge in [0.25, 0.3) is 5.91 Å². The van der Waals surface area contributed by atoms with Crippen molar-refractivity contribution in [2.75, 3.05) is 6.54 Å². The van der Waals surface area contributed by atoms with Gasteiger partial charge in [0.2, 0.25) is 0 Å². The summed E-state index contributed by atoms with van der Waals surface area (Å²) < 4.78 is 13.0. The third kappa shape index (κ3) is 4.16. The van der Waals surface area contributed by atoms with Crippen molar-refractivity contribution in [2.45, 2.75) is 20.3 Å². The van der Waals surface area contributed by atoms with Gasteiger partial charge in [-0.15, -0.1) is 0 Å². The van der Waals surface area contributed by atoms with E-state index in [0.717, 1.165) is 0 Å². The zero-order valence-electron chi connectivity index (χ0n) is 10.4. The smallest absolute Gasteiger partial charge is 0.303 e. The molecule has 0 aromatic heterocycles. The molecule has 5 heteroatoms. The van der Waals surface area contributed by atoms with Crippen molar-refractivity contribution >= 4 is 11.9 Å². The number of carbonyl (C=O) groups excluding carboxylic acids is 1. The first-order valence-electron chi connectivity index (χ1n) is 5.66. The first-order chi connectivity index (χ1) is 8.40. The number of carboxylic acids is 1. The van der Waals surface area contributed by atoms with E-state index in [1.165, 1.54) is 18.2 Å². The van der Waals surface area contributed by atoms with Crippen molar-refractivity contribution in [1.29, 1.82) is 0 Å². The van der Waals surface area contributed by atoms with Gasteiger partial charge < -0.3 is 10.4 Å². The Balaban J connectivity index is 2.55. The van der Waals surface area contributed by atoms with Gasteiger partial charge in [0.1, 0.15) is 5.82 Å². The van der Waals surface area contributed by atoms with Crippen molar-refractivity contribution in [2.24, 2.45) is 5.92 Å². The van der Waals surface area contributed by atoms with Crippen LogP contribution in [0.5, 0.6) is 0 Å². The number of nitrogens with one attached hydrogen (secondary N) is 1. The van der Waals surface area contributed by atoms with Gasteiger partial charge in [-0.1, -0.05) is 6.92 Å². The minimum atomic E-state index is -0.894. The molecule has 0 aliphatic heterocycles. The number of benzene rings is 1. The molecule has 18 heavy (non-hydrogen) atoms. The summed E-state index contributed by atoms with van der Waals surface area (Å²) in [7, 11) is 0. The normalized spacial score (nSPS) is 11.9. The van der Waals surface area contributed by atoms with Crippen LogP contribution in [0.2, 0.25) is 0 Å². The lowest BCUT2D eigenvalue weighted by molar-refractivity contribution is -0.137. The van der Waals surface area contributed by atoms with Crippen molar-refractivity contribution in [3.05, 3.63) is 35.1 Å². The van der Waals surface area contributed by atoms with E-state index in [-0.39, 0.29) is 30.6 Å². The SMILES string of the molecule is Cc1cc(C(=O)NCC(C)CC(=O)O)ccc1F. The molecule has 0 saturated carbocycles. The maximum absolute atomic E-state index is 13.0. The quantitative estimate of drug-likeness (QED) is 0.843. The van der Waals surface area contributed by atoms with Gasteiger partial charge in [0.05, 0.1) is 0 Å². The number of aliphatic carboxylic acids is 1. The highest BCUT2D eigenvalue weighted by Gasteiger charge is 2.11. The Kier molecular flexibility index (Phi) is 4.83. The van der Waals surface area contributed by atoms with Crippen LogP contribution < -0.4 is 5.32 Å². The van der Waals surface area contributed by atoms with Crippen LogP contribution >= 0.6 is 0 Å². The summed E-state index contributed by atoms with van der Waals surface area (Å²) in [6.45, 7) is 3.60.